The Kier molecular flexibility index (Phi) is 4.01. The average molecular weight is 329 g/mol. The van der Waals surface area contributed by atoms with E-state index in [2.05, 4.69) is 15.2 Å². The van der Waals surface area contributed by atoms with E-state index in [9.17, 15) is 4.79 Å². The van der Waals surface area contributed by atoms with Crippen molar-refractivity contribution < 1.29 is 9.53 Å². The highest BCUT2D eigenvalue weighted by molar-refractivity contribution is 7.17. The zero-order chi connectivity index (χ0) is 15.6. The molecule has 0 saturated carbocycles. The van der Waals surface area contributed by atoms with Crippen LogP contribution in [0.25, 0.3) is 10.4 Å². The number of hydrogen-bond acceptors (Lipinski definition) is 5. The summed E-state index contributed by atoms with van der Waals surface area (Å²) in [6, 6.07) is 7.91. The summed E-state index contributed by atoms with van der Waals surface area (Å²) < 4.78 is 5.46. The Hall–Kier alpha value is -1.92. The predicted molar refractivity (Wildman–Crippen MR) is 89.7 cm³/mol. The van der Waals surface area contributed by atoms with Crippen molar-refractivity contribution >= 4 is 17.4 Å². The molecule has 3 saturated heterocycles. The molecule has 0 unspecified atom stereocenters. The average Bonchev–Trinajstić information content (AvgIpc) is 3.05. The maximum absolute atomic E-state index is 12.1. The van der Waals surface area contributed by atoms with Gasteiger partial charge in [0, 0.05) is 35.4 Å². The number of fused-ring (bicyclic) bond motifs is 3. The normalized spacial score (nSPS) is 26.0. The van der Waals surface area contributed by atoms with Crippen LogP contribution in [0.3, 0.4) is 0 Å². The summed E-state index contributed by atoms with van der Waals surface area (Å²) in [4.78, 5) is 19.7. The number of piperidine rings is 3. The second-order valence-electron chi connectivity index (χ2n) is 6.14. The number of carbonyl (C=O) groups excluding carboxylic acids is 1. The van der Waals surface area contributed by atoms with Gasteiger partial charge in [0.2, 0.25) is 0 Å². The Morgan fingerprint density at radius 3 is 2.87 bits per heavy atom. The van der Waals surface area contributed by atoms with Crippen molar-refractivity contribution in [2.45, 2.75) is 18.9 Å². The van der Waals surface area contributed by atoms with Gasteiger partial charge in [-0.15, -0.1) is 0 Å². The zero-order valence-electron chi connectivity index (χ0n) is 12.8. The van der Waals surface area contributed by atoms with E-state index < -0.39 is 0 Å². The second kappa shape index (κ2) is 6.29. The molecule has 5 heterocycles. The van der Waals surface area contributed by atoms with Crippen molar-refractivity contribution in [1.29, 1.82) is 0 Å². The number of pyridine rings is 1. The molecule has 0 aromatic carbocycles. The van der Waals surface area contributed by atoms with Crippen molar-refractivity contribution in [1.82, 2.24) is 15.2 Å². The Balaban J connectivity index is 1.37. The monoisotopic (exact) mass is 329 g/mol. The van der Waals surface area contributed by atoms with Gasteiger partial charge in [-0.05, 0) is 50.0 Å². The molecule has 120 valence electrons. The minimum Gasteiger partial charge on any atom is -0.399 e. The van der Waals surface area contributed by atoms with Crippen molar-refractivity contribution in [3.05, 3.63) is 36.7 Å². The molecule has 0 radical (unpaired) electrons. The molecule has 1 N–H and O–H groups in total. The summed E-state index contributed by atoms with van der Waals surface area (Å²) in [7, 11) is 0. The number of nitrogens with zero attached hydrogens (tertiary/aromatic N) is 2. The number of aromatic nitrogens is 1. The SMILES string of the molecule is O=C(N[C@H]1CN2CCC1CC2)Oc1ccc(-c2cccnc2)s1. The molecule has 3 fully saturated rings. The van der Waals surface area contributed by atoms with Crippen LogP contribution in [0, 0.1) is 5.92 Å². The first-order valence-electron chi connectivity index (χ1n) is 7.99. The number of hydrogen-bond donors (Lipinski definition) is 1. The van der Waals surface area contributed by atoms with Gasteiger partial charge < -0.3 is 15.0 Å². The van der Waals surface area contributed by atoms with E-state index >= 15 is 0 Å². The van der Waals surface area contributed by atoms with Gasteiger partial charge in [-0.3, -0.25) is 4.98 Å². The lowest BCUT2D eigenvalue weighted by molar-refractivity contribution is 0.0726. The Morgan fingerprint density at radius 2 is 2.17 bits per heavy atom. The van der Waals surface area contributed by atoms with Crippen LogP contribution >= 0.6 is 11.3 Å². The van der Waals surface area contributed by atoms with Crippen LogP contribution in [0.1, 0.15) is 12.8 Å². The summed E-state index contributed by atoms with van der Waals surface area (Å²) in [6.45, 7) is 3.28. The Morgan fingerprint density at radius 1 is 1.30 bits per heavy atom. The zero-order valence-corrected chi connectivity index (χ0v) is 13.6. The quantitative estimate of drug-likeness (QED) is 0.940. The van der Waals surface area contributed by atoms with E-state index in [1.807, 2.05) is 30.5 Å². The van der Waals surface area contributed by atoms with Crippen molar-refractivity contribution in [2.24, 2.45) is 5.92 Å². The lowest BCUT2D eigenvalue weighted by atomic mass is 9.84. The van der Waals surface area contributed by atoms with Crippen molar-refractivity contribution in [2.75, 3.05) is 19.6 Å². The fourth-order valence-electron chi connectivity index (χ4n) is 3.44. The first kappa shape index (κ1) is 14.7. The smallest absolute Gasteiger partial charge is 0.399 e. The minimum absolute atomic E-state index is 0.225. The van der Waals surface area contributed by atoms with Gasteiger partial charge in [0.25, 0.3) is 0 Å². The fourth-order valence-corrected chi connectivity index (χ4v) is 4.28. The molecule has 3 aliphatic heterocycles. The van der Waals surface area contributed by atoms with Crippen LogP contribution < -0.4 is 10.1 Å². The Bertz CT molecular complexity index is 680. The van der Waals surface area contributed by atoms with Gasteiger partial charge in [0.05, 0.1) is 0 Å². The van der Waals surface area contributed by atoms with Gasteiger partial charge in [-0.25, -0.2) is 4.79 Å². The third kappa shape index (κ3) is 3.23. The predicted octanol–water partition coefficient (Wildman–Crippen LogP) is 2.99. The molecule has 0 spiro atoms. The van der Waals surface area contributed by atoms with E-state index in [-0.39, 0.29) is 12.1 Å². The fraction of sp³-hybridized carbons (Fsp3) is 0.412. The van der Waals surface area contributed by atoms with Crippen LogP contribution in [0.5, 0.6) is 5.06 Å². The molecule has 2 bridgehead atoms. The number of rotatable bonds is 3. The third-order valence-electron chi connectivity index (χ3n) is 4.68. The van der Waals surface area contributed by atoms with Crippen molar-refractivity contribution in [3.8, 4) is 15.5 Å². The van der Waals surface area contributed by atoms with E-state index in [4.69, 9.17) is 4.74 Å². The maximum Gasteiger partial charge on any atom is 0.413 e. The highest BCUT2D eigenvalue weighted by atomic mass is 32.1. The highest BCUT2D eigenvalue weighted by Crippen LogP contribution is 2.33. The van der Waals surface area contributed by atoms with Gasteiger partial charge in [-0.1, -0.05) is 17.4 Å². The van der Waals surface area contributed by atoms with Crippen LogP contribution in [-0.2, 0) is 0 Å². The first-order valence-corrected chi connectivity index (χ1v) is 8.80. The largest absolute Gasteiger partial charge is 0.413 e. The van der Waals surface area contributed by atoms with Gasteiger partial charge >= 0.3 is 6.09 Å². The molecule has 23 heavy (non-hydrogen) atoms. The summed E-state index contributed by atoms with van der Waals surface area (Å²) >= 11 is 1.46. The summed E-state index contributed by atoms with van der Waals surface area (Å²) in [6.07, 6.45) is 5.56. The molecule has 3 aliphatic rings. The number of ether oxygens (including phenoxy) is 1. The molecule has 0 aliphatic carbocycles. The van der Waals surface area contributed by atoms with E-state index in [0.29, 0.717) is 11.0 Å². The molecule has 1 atom stereocenters. The molecule has 2 aromatic rings. The van der Waals surface area contributed by atoms with Crippen LogP contribution in [0.2, 0.25) is 0 Å². The molecule has 6 heteroatoms. The van der Waals surface area contributed by atoms with Crippen LogP contribution in [0.15, 0.2) is 36.7 Å². The number of thiophene rings is 1. The van der Waals surface area contributed by atoms with Crippen LogP contribution in [0.4, 0.5) is 4.79 Å². The molecular formula is C17H19N3O2S. The van der Waals surface area contributed by atoms with Gasteiger partial charge in [0.15, 0.2) is 5.06 Å². The number of carbonyl (C=O) groups is 1. The third-order valence-corrected chi connectivity index (χ3v) is 5.69. The summed E-state index contributed by atoms with van der Waals surface area (Å²) in [5.41, 5.74) is 1.03. The van der Waals surface area contributed by atoms with E-state index in [1.54, 1.807) is 6.20 Å². The lowest BCUT2D eigenvalue weighted by Gasteiger charge is -2.44. The van der Waals surface area contributed by atoms with Gasteiger partial charge in [-0.2, -0.15) is 0 Å². The Labute approximate surface area is 139 Å². The topological polar surface area (TPSA) is 54.5 Å². The van der Waals surface area contributed by atoms with Crippen LogP contribution in [-0.4, -0.2) is 41.7 Å². The molecule has 1 amide bonds. The molecule has 5 rings (SSSR count). The van der Waals surface area contributed by atoms with E-state index in [1.165, 1.54) is 24.2 Å². The van der Waals surface area contributed by atoms with Gasteiger partial charge in [0.1, 0.15) is 0 Å². The molecule has 5 nitrogen and oxygen atoms in total. The molecule has 2 aromatic heterocycles. The maximum atomic E-state index is 12.1. The highest BCUT2D eigenvalue weighted by Gasteiger charge is 2.35. The summed E-state index contributed by atoms with van der Waals surface area (Å²) in [5.74, 6) is 0.599. The van der Waals surface area contributed by atoms with E-state index in [0.717, 1.165) is 30.1 Å². The lowest BCUT2D eigenvalue weighted by Crippen LogP contribution is -2.57. The first-order chi connectivity index (χ1) is 11.3. The second-order valence-corrected chi connectivity index (χ2v) is 7.19. The standard InChI is InChI=1S/C17H19N3O2S/c21-17(19-14-11-20-8-5-12(14)6-9-20)22-16-4-3-15(23-16)13-2-1-7-18-10-13/h1-4,7,10,12,14H,5-6,8-9,11H2,(H,19,21)/t14-/m0/s1. The van der Waals surface area contributed by atoms with Crippen molar-refractivity contribution in [3.63, 3.8) is 0 Å². The number of amides is 1. The minimum atomic E-state index is -0.344. The summed E-state index contributed by atoms with van der Waals surface area (Å²) in [5, 5.41) is 3.65. The number of nitrogens with one attached hydrogen (secondary N) is 1. The molecular weight excluding hydrogens is 310 g/mol.